The van der Waals surface area contributed by atoms with Gasteiger partial charge in [0.15, 0.2) is 5.78 Å². The number of aromatic nitrogens is 1. The molecule has 6 rings (SSSR count). The first kappa shape index (κ1) is 27.9. The van der Waals surface area contributed by atoms with Gasteiger partial charge in [0.1, 0.15) is 5.82 Å². The summed E-state index contributed by atoms with van der Waals surface area (Å²) in [5.41, 5.74) is 4.60. The van der Waals surface area contributed by atoms with E-state index in [4.69, 9.17) is 14.5 Å². The predicted molar refractivity (Wildman–Crippen MR) is 150 cm³/mol. The van der Waals surface area contributed by atoms with Crippen LogP contribution in [0, 0.1) is 18.8 Å². The molecule has 0 amide bonds. The summed E-state index contributed by atoms with van der Waals surface area (Å²) >= 11 is 0. The van der Waals surface area contributed by atoms with E-state index >= 15 is 0 Å². The van der Waals surface area contributed by atoms with Crippen molar-refractivity contribution in [3.05, 3.63) is 115 Å². The van der Waals surface area contributed by atoms with Gasteiger partial charge in [0.2, 0.25) is 0 Å². The van der Waals surface area contributed by atoms with Gasteiger partial charge in [-0.3, -0.25) is 9.78 Å². The van der Waals surface area contributed by atoms with Gasteiger partial charge >= 0.3 is 0 Å². The molecule has 0 aliphatic rings. The average molecular weight is 695 g/mol. The molecule has 0 fully saturated rings. The number of hydrogen-bond acceptors (Lipinski definition) is 4. The summed E-state index contributed by atoms with van der Waals surface area (Å²) in [6.45, 7) is 4.79. The van der Waals surface area contributed by atoms with Crippen LogP contribution < -0.4 is 0 Å². The summed E-state index contributed by atoms with van der Waals surface area (Å²) in [6.07, 6.45) is 2.95. The molecular formula is C33H25FIrNO3-. The minimum absolute atomic E-state index is 0. The molecule has 0 spiro atoms. The van der Waals surface area contributed by atoms with Crippen LogP contribution in [0.2, 0.25) is 0 Å². The second-order valence-corrected chi connectivity index (χ2v) is 9.11. The van der Waals surface area contributed by atoms with Crippen LogP contribution in [0.15, 0.2) is 101 Å². The second kappa shape index (κ2) is 11.7. The Hall–Kier alpha value is -4.12. The van der Waals surface area contributed by atoms with Gasteiger partial charge in [-0.05, 0) is 60.2 Å². The summed E-state index contributed by atoms with van der Waals surface area (Å²) < 4.78 is 20.3. The topological polar surface area (TPSA) is 63.3 Å². The van der Waals surface area contributed by atoms with Crippen LogP contribution in [0.4, 0.5) is 4.39 Å². The molecule has 0 aliphatic heterocycles. The Morgan fingerprint density at radius 1 is 0.923 bits per heavy atom. The van der Waals surface area contributed by atoms with Crippen molar-refractivity contribution >= 4 is 38.3 Å². The smallest absolute Gasteiger partial charge is 0.155 e. The van der Waals surface area contributed by atoms with Crippen LogP contribution in [0.3, 0.4) is 0 Å². The third-order valence-electron chi connectivity index (χ3n) is 6.16. The number of ketones is 1. The molecule has 0 aliphatic carbocycles. The number of aryl methyl sites for hydroxylation is 1. The first-order valence-electron chi connectivity index (χ1n) is 12.2. The van der Waals surface area contributed by atoms with Gasteiger partial charge in [0, 0.05) is 43.5 Å². The summed E-state index contributed by atoms with van der Waals surface area (Å²) in [7, 11) is 0. The Bertz CT molecular complexity index is 1840. The molecule has 4 nitrogen and oxygen atoms in total. The van der Waals surface area contributed by atoms with Crippen LogP contribution >= 0.6 is 0 Å². The molecule has 39 heavy (non-hydrogen) atoms. The minimum Gasteiger partial charge on any atom is -0.512 e. The maximum absolute atomic E-state index is 14.3. The van der Waals surface area contributed by atoms with Gasteiger partial charge < -0.3 is 9.52 Å². The molecular weight excluding hydrogens is 670 g/mol. The van der Waals surface area contributed by atoms with Gasteiger partial charge in [0.05, 0.1) is 17.1 Å². The Balaban J connectivity index is 0.000000394. The van der Waals surface area contributed by atoms with Crippen LogP contribution in [-0.4, -0.2) is 15.9 Å². The van der Waals surface area contributed by atoms with E-state index in [9.17, 15) is 9.18 Å². The monoisotopic (exact) mass is 695 g/mol. The van der Waals surface area contributed by atoms with Crippen molar-refractivity contribution in [1.29, 1.82) is 0 Å². The zero-order valence-corrected chi connectivity index (χ0v) is 24.0. The van der Waals surface area contributed by atoms with Gasteiger partial charge in [-0.25, -0.2) is 4.39 Å². The van der Waals surface area contributed by atoms with Crippen LogP contribution in [0.25, 0.3) is 54.9 Å². The predicted octanol–water partition coefficient (Wildman–Crippen LogP) is 8.75. The quantitative estimate of drug-likeness (QED) is 0.0872. The van der Waals surface area contributed by atoms with E-state index in [0.717, 1.165) is 55.3 Å². The van der Waals surface area contributed by atoms with Crippen molar-refractivity contribution in [2.45, 2.75) is 20.8 Å². The Kier molecular flexibility index (Phi) is 8.39. The van der Waals surface area contributed by atoms with Gasteiger partial charge in [-0.15, -0.1) is 12.1 Å². The minimum atomic E-state index is -0.217. The molecule has 0 saturated heterocycles. The first-order valence-corrected chi connectivity index (χ1v) is 12.2. The van der Waals surface area contributed by atoms with Crippen molar-refractivity contribution in [3.63, 3.8) is 0 Å². The molecule has 0 saturated carbocycles. The Morgan fingerprint density at radius 3 is 2.33 bits per heavy atom. The number of nitrogens with zero attached hydrogens (tertiary/aromatic N) is 1. The fourth-order valence-corrected chi connectivity index (χ4v) is 4.65. The molecule has 1 N–H and O–H groups in total. The summed E-state index contributed by atoms with van der Waals surface area (Å²) in [5.74, 6) is 0.561. The number of hydrogen-bond donors (Lipinski definition) is 1. The van der Waals surface area contributed by atoms with Crippen molar-refractivity contribution < 1.29 is 38.8 Å². The first-order chi connectivity index (χ1) is 18.3. The van der Waals surface area contributed by atoms with Crippen LogP contribution in [0.1, 0.15) is 19.6 Å². The van der Waals surface area contributed by atoms with E-state index < -0.39 is 0 Å². The SMILES string of the molecule is CC(=O)/C=C(/C)O.Cc1cc2[c-]c(-c3nccc4c3ccc3c(F)cccc34)cc(-c3ccccc3)c2o1.[Ir]. The number of halogens is 1. The maximum atomic E-state index is 14.3. The summed E-state index contributed by atoms with van der Waals surface area (Å²) in [5, 5.41) is 12.7. The van der Waals surface area contributed by atoms with Crippen molar-refractivity contribution in [2.75, 3.05) is 0 Å². The molecule has 6 aromatic rings. The number of carbonyl (C=O) groups is 1. The van der Waals surface area contributed by atoms with Crippen LogP contribution in [-0.2, 0) is 24.9 Å². The molecule has 1 radical (unpaired) electrons. The van der Waals surface area contributed by atoms with Crippen molar-refractivity contribution in [2.24, 2.45) is 0 Å². The Morgan fingerprint density at radius 2 is 1.64 bits per heavy atom. The number of rotatable bonds is 3. The van der Waals surface area contributed by atoms with Gasteiger partial charge in [0.25, 0.3) is 0 Å². The largest absolute Gasteiger partial charge is 0.512 e. The molecule has 2 aromatic heterocycles. The molecule has 0 unspecified atom stereocenters. The van der Waals surface area contributed by atoms with E-state index in [1.165, 1.54) is 26.0 Å². The maximum Gasteiger partial charge on any atom is 0.155 e. The number of benzene rings is 4. The van der Waals surface area contributed by atoms with Crippen LogP contribution in [0.5, 0.6) is 0 Å². The molecule has 0 bridgehead atoms. The number of pyridine rings is 1. The normalized spacial score (nSPS) is 11.2. The van der Waals surface area contributed by atoms with Gasteiger partial charge in [-0.1, -0.05) is 71.6 Å². The molecule has 4 aromatic carbocycles. The second-order valence-electron chi connectivity index (χ2n) is 9.11. The fourth-order valence-electron chi connectivity index (χ4n) is 4.65. The van der Waals surface area contributed by atoms with E-state index in [1.54, 1.807) is 12.3 Å². The third-order valence-corrected chi connectivity index (χ3v) is 6.16. The average Bonchev–Trinajstić information content (AvgIpc) is 3.28. The zero-order chi connectivity index (χ0) is 26.8. The van der Waals surface area contributed by atoms with Crippen molar-refractivity contribution in [3.8, 4) is 22.4 Å². The fraction of sp³-hybridized carbons (Fsp3) is 0.0909. The van der Waals surface area contributed by atoms with E-state index in [-0.39, 0.29) is 37.5 Å². The van der Waals surface area contributed by atoms with E-state index in [0.29, 0.717) is 5.39 Å². The number of allylic oxidation sites excluding steroid dienone is 2. The zero-order valence-electron chi connectivity index (χ0n) is 21.6. The molecule has 197 valence electrons. The number of carbonyl (C=O) groups excluding carboxylic acids is 1. The molecule has 2 heterocycles. The third kappa shape index (κ3) is 5.83. The van der Waals surface area contributed by atoms with E-state index in [1.807, 2.05) is 55.5 Å². The summed E-state index contributed by atoms with van der Waals surface area (Å²) in [4.78, 5) is 14.7. The number of aliphatic hydroxyl groups is 1. The molecule has 0 atom stereocenters. The van der Waals surface area contributed by atoms with Gasteiger partial charge in [-0.2, -0.15) is 0 Å². The molecule has 6 heteroatoms. The standard InChI is InChI=1S/C28H17FNO.C5H8O2.Ir/c1-17-14-20-15-19(16-25(28(20)31-17)18-6-3-2-4-7-18)27-24-11-10-23-21(8-5-9-26(23)29)22(24)12-13-30-27;1-4(6)3-5(2)7;/h2-14,16H,1H3;3,6H,1-2H3;/q-1;;/b;4-3-;. The Labute approximate surface area is 239 Å². The van der Waals surface area contributed by atoms with E-state index in [2.05, 4.69) is 24.3 Å². The number of fused-ring (bicyclic) bond motifs is 4. The van der Waals surface area contributed by atoms with Crippen molar-refractivity contribution in [1.82, 2.24) is 4.98 Å². The number of furan rings is 1. The number of aliphatic hydroxyl groups excluding tert-OH is 1. The summed E-state index contributed by atoms with van der Waals surface area (Å²) in [6, 6.07) is 28.7.